The number of para-hydroxylation sites is 2. The lowest BCUT2D eigenvalue weighted by atomic mass is 10.0. The molecule has 2 rings (SSSR count). The first-order valence-corrected chi connectivity index (χ1v) is 13.3. The van der Waals surface area contributed by atoms with Gasteiger partial charge in [0, 0.05) is 6.61 Å². The van der Waals surface area contributed by atoms with Crippen LogP contribution in [0.4, 0.5) is 0 Å². The third-order valence-electron chi connectivity index (χ3n) is 6.02. The molecule has 0 aliphatic heterocycles. The van der Waals surface area contributed by atoms with Gasteiger partial charge in [0.25, 0.3) is 0 Å². The Kier molecular flexibility index (Phi) is 13.4. The van der Waals surface area contributed by atoms with Gasteiger partial charge in [0.15, 0.2) is 11.5 Å². The summed E-state index contributed by atoms with van der Waals surface area (Å²) in [5.74, 6) is 0.728. The third kappa shape index (κ3) is 9.89. The van der Waals surface area contributed by atoms with Gasteiger partial charge in [-0.3, -0.25) is 0 Å². The fraction of sp³-hybridized carbons (Fsp3) is 0.567. The maximum Gasteiger partial charge on any atom is 0.343 e. The first-order valence-electron chi connectivity index (χ1n) is 13.3. The van der Waals surface area contributed by atoms with Crippen LogP contribution in [0.15, 0.2) is 48.5 Å². The van der Waals surface area contributed by atoms with Crippen molar-refractivity contribution in [2.75, 3.05) is 6.61 Å². The van der Waals surface area contributed by atoms with Crippen LogP contribution in [-0.2, 0) is 4.74 Å². The molecule has 0 aromatic heterocycles. The molecule has 0 aliphatic rings. The first-order chi connectivity index (χ1) is 16.6. The number of rotatable bonds is 17. The summed E-state index contributed by atoms with van der Waals surface area (Å²) in [5, 5.41) is 0. The molecule has 0 saturated heterocycles. The Morgan fingerprint density at radius 1 is 0.765 bits per heavy atom. The number of ether oxygens (including phenoxy) is 3. The molecular formula is C30H44O4. The van der Waals surface area contributed by atoms with E-state index < -0.39 is 0 Å². The molecule has 0 saturated carbocycles. The zero-order chi connectivity index (χ0) is 24.6. The van der Waals surface area contributed by atoms with Gasteiger partial charge in [0.05, 0.1) is 17.8 Å². The van der Waals surface area contributed by atoms with Crippen molar-refractivity contribution >= 4 is 5.97 Å². The van der Waals surface area contributed by atoms with Gasteiger partial charge in [-0.05, 0) is 62.4 Å². The van der Waals surface area contributed by atoms with E-state index in [0.717, 1.165) is 37.9 Å². The summed E-state index contributed by atoms with van der Waals surface area (Å²) in [6.07, 6.45) is 11.8. The Bertz CT molecular complexity index is 815. The zero-order valence-corrected chi connectivity index (χ0v) is 21.7. The van der Waals surface area contributed by atoms with Crippen LogP contribution in [-0.4, -0.2) is 18.7 Å². The number of carbonyl (C=O) groups is 1. The molecule has 0 N–H and O–H groups in total. The normalized spacial score (nSPS) is 12.8. The highest BCUT2D eigenvalue weighted by Gasteiger charge is 2.16. The maximum absolute atomic E-state index is 12.8. The standard InChI is InChI=1S/C30H44O4/c1-5-8-9-10-11-12-16-27(15-6-2)33-28-17-13-14-18-29(28)34-30(31)26-21-19-25(20-22-26)24(4)32-23-7-3/h13-14,17-22,24,27H,5-12,15-16,23H2,1-4H3. The van der Waals surface area contributed by atoms with Crippen molar-refractivity contribution in [1.82, 2.24) is 0 Å². The van der Waals surface area contributed by atoms with Gasteiger partial charge in [0.1, 0.15) is 0 Å². The fourth-order valence-corrected chi connectivity index (χ4v) is 3.99. The average molecular weight is 469 g/mol. The topological polar surface area (TPSA) is 44.8 Å². The molecule has 0 radical (unpaired) electrons. The molecule has 2 aromatic rings. The molecule has 188 valence electrons. The van der Waals surface area contributed by atoms with Crippen molar-refractivity contribution in [3.8, 4) is 11.5 Å². The molecule has 2 aromatic carbocycles. The molecule has 0 bridgehead atoms. The van der Waals surface area contributed by atoms with Crippen LogP contribution in [0.3, 0.4) is 0 Å². The van der Waals surface area contributed by atoms with E-state index in [2.05, 4.69) is 20.8 Å². The number of unbranched alkanes of at least 4 members (excludes halogenated alkanes) is 5. The van der Waals surface area contributed by atoms with Gasteiger partial charge in [-0.2, -0.15) is 0 Å². The molecule has 4 heteroatoms. The van der Waals surface area contributed by atoms with Gasteiger partial charge in [-0.1, -0.05) is 83.6 Å². The molecule has 0 spiro atoms. The van der Waals surface area contributed by atoms with E-state index in [1.165, 1.54) is 38.5 Å². The molecule has 4 nitrogen and oxygen atoms in total. The Morgan fingerprint density at radius 2 is 1.44 bits per heavy atom. The second-order valence-electron chi connectivity index (χ2n) is 9.06. The Labute approximate surface area is 207 Å². The van der Waals surface area contributed by atoms with Crippen molar-refractivity contribution in [3.63, 3.8) is 0 Å². The van der Waals surface area contributed by atoms with Gasteiger partial charge >= 0.3 is 5.97 Å². The van der Waals surface area contributed by atoms with Crippen LogP contribution in [0.25, 0.3) is 0 Å². The lowest BCUT2D eigenvalue weighted by molar-refractivity contribution is 0.0660. The van der Waals surface area contributed by atoms with Crippen LogP contribution in [0.1, 0.15) is 114 Å². The first kappa shape index (κ1) is 27.9. The monoisotopic (exact) mass is 468 g/mol. The molecule has 2 unspecified atom stereocenters. The number of hydrogen-bond acceptors (Lipinski definition) is 4. The Hall–Kier alpha value is -2.33. The lowest BCUT2D eigenvalue weighted by Gasteiger charge is -2.20. The Balaban J connectivity index is 1.97. The van der Waals surface area contributed by atoms with Crippen LogP contribution < -0.4 is 9.47 Å². The summed E-state index contributed by atoms with van der Waals surface area (Å²) >= 11 is 0. The Morgan fingerprint density at radius 3 is 2.12 bits per heavy atom. The van der Waals surface area contributed by atoms with Crippen molar-refractivity contribution < 1.29 is 19.0 Å². The summed E-state index contributed by atoms with van der Waals surface area (Å²) in [6, 6.07) is 14.9. The zero-order valence-electron chi connectivity index (χ0n) is 21.7. The highest BCUT2D eigenvalue weighted by molar-refractivity contribution is 5.91. The second-order valence-corrected chi connectivity index (χ2v) is 9.06. The maximum atomic E-state index is 12.8. The van der Waals surface area contributed by atoms with E-state index >= 15 is 0 Å². The molecule has 0 aliphatic carbocycles. The summed E-state index contributed by atoms with van der Waals surface area (Å²) in [6.45, 7) is 9.26. The lowest BCUT2D eigenvalue weighted by Crippen LogP contribution is -2.17. The van der Waals surface area contributed by atoms with E-state index in [1.54, 1.807) is 18.2 Å². The molecule has 0 heterocycles. The summed E-state index contributed by atoms with van der Waals surface area (Å²) in [4.78, 5) is 12.8. The minimum Gasteiger partial charge on any atom is -0.487 e. The van der Waals surface area contributed by atoms with E-state index in [4.69, 9.17) is 14.2 Å². The SMILES string of the molecule is CCCCCCCCC(CCC)Oc1ccccc1OC(=O)c1ccc(C(C)OCCC)cc1. The third-order valence-corrected chi connectivity index (χ3v) is 6.02. The van der Waals surface area contributed by atoms with E-state index in [1.807, 2.05) is 37.3 Å². The van der Waals surface area contributed by atoms with Crippen LogP contribution in [0.5, 0.6) is 11.5 Å². The number of hydrogen-bond donors (Lipinski definition) is 0. The van der Waals surface area contributed by atoms with Gasteiger partial charge in [-0.25, -0.2) is 4.79 Å². The summed E-state index contributed by atoms with van der Waals surface area (Å²) in [5.41, 5.74) is 1.56. The van der Waals surface area contributed by atoms with Crippen molar-refractivity contribution in [2.24, 2.45) is 0 Å². The van der Waals surface area contributed by atoms with Crippen molar-refractivity contribution in [2.45, 2.75) is 104 Å². The summed E-state index contributed by atoms with van der Waals surface area (Å²) in [7, 11) is 0. The van der Waals surface area contributed by atoms with Crippen molar-refractivity contribution in [1.29, 1.82) is 0 Å². The molecule has 0 fully saturated rings. The van der Waals surface area contributed by atoms with Crippen LogP contribution >= 0.6 is 0 Å². The largest absolute Gasteiger partial charge is 0.487 e. The van der Waals surface area contributed by atoms with Gasteiger partial charge in [0.2, 0.25) is 0 Å². The highest BCUT2D eigenvalue weighted by Crippen LogP contribution is 2.30. The minimum atomic E-state index is -0.382. The molecule has 0 amide bonds. The van der Waals surface area contributed by atoms with E-state index in [9.17, 15) is 4.79 Å². The molecule has 34 heavy (non-hydrogen) atoms. The van der Waals surface area contributed by atoms with Gasteiger partial charge < -0.3 is 14.2 Å². The van der Waals surface area contributed by atoms with E-state index in [0.29, 0.717) is 17.1 Å². The smallest absolute Gasteiger partial charge is 0.343 e. The predicted octanol–water partition coefficient (Wildman–Crippen LogP) is 8.69. The van der Waals surface area contributed by atoms with Crippen LogP contribution in [0, 0.1) is 0 Å². The van der Waals surface area contributed by atoms with Crippen molar-refractivity contribution in [3.05, 3.63) is 59.7 Å². The number of esters is 1. The number of carbonyl (C=O) groups excluding carboxylic acids is 1. The predicted molar refractivity (Wildman–Crippen MR) is 140 cm³/mol. The second kappa shape index (κ2) is 16.3. The quantitative estimate of drug-likeness (QED) is 0.132. The molecular weight excluding hydrogens is 424 g/mol. The average Bonchev–Trinajstić information content (AvgIpc) is 2.86. The fourth-order valence-electron chi connectivity index (χ4n) is 3.99. The highest BCUT2D eigenvalue weighted by atomic mass is 16.6. The van der Waals surface area contributed by atoms with Crippen LogP contribution in [0.2, 0.25) is 0 Å². The summed E-state index contributed by atoms with van der Waals surface area (Å²) < 4.78 is 17.9. The number of benzene rings is 2. The van der Waals surface area contributed by atoms with E-state index in [-0.39, 0.29) is 18.2 Å². The van der Waals surface area contributed by atoms with Gasteiger partial charge in [-0.15, -0.1) is 0 Å². The minimum absolute atomic E-state index is 0.00119. The molecule has 2 atom stereocenters.